The molecule has 0 aliphatic heterocycles. The average molecular weight is 500 g/mol. The summed E-state index contributed by atoms with van der Waals surface area (Å²) in [5.41, 5.74) is 3.67. The number of carbonyl (C=O) groups excluding carboxylic acids is 1. The zero-order chi connectivity index (χ0) is 25.1. The number of hydrogen-bond acceptors (Lipinski definition) is 2. The number of rotatable bonds is 9. The summed E-state index contributed by atoms with van der Waals surface area (Å²) >= 11 is 6.21. The Morgan fingerprint density at radius 2 is 1.89 bits per heavy atom. The van der Waals surface area contributed by atoms with Gasteiger partial charge in [-0.05, 0) is 60.9 Å². The van der Waals surface area contributed by atoms with Crippen LogP contribution in [0.2, 0.25) is 5.02 Å². The van der Waals surface area contributed by atoms with E-state index in [0.717, 1.165) is 41.5 Å². The van der Waals surface area contributed by atoms with E-state index in [4.69, 9.17) is 11.6 Å². The summed E-state index contributed by atoms with van der Waals surface area (Å²) in [7, 11) is 0. The molecule has 35 heavy (non-hydrogen) atoms. The van der Waals surface area contributed by atoms with Gasteiger partial charge in [0.2, 0.25) is 0 Å². The fourth-order valence-electron chi connectivity index (χ4n) is 4.90. The second-order valence-electron chi connectivity index (χ2n) is 9.56. The van der Waals surface area contributed by atoms with E-state index in [1.807, 2.05) is 12.1 Å². The Hall–Kier alpha value is -2.73. The minimum absolute atomic E-state index is 0.100. The molecule has 1 amide bonds. The van der Waals surface area contributed by atoms with E-state index < -0.39 is 11.6 Å². The Kier molecular flexibility index (Phi) is 7.90. The van der Waals surface area contributed by atoms with Crippen LogP contribution >= 0.6 is 11.6 Å². The molecule has 4 rings (SSSR count). The average Bonchev–Trinajstić information content (AvgIpc) is 3.22. The molecular weight excluding hydrogens is 468 g/mol. The zero-order valence-electron chi connectivity index (χ0n) is 20.5. The molecule has 1 atom stereocenters. The van der Waals surface area contributed by atoms with Crippen molar-refractivity contribution in [2.75, 3.05) is 6.54 Å². The lowest BCUT2D eigenvalue weighted by atomic mass is 9.88. The maximum atomic E-state index is 14.8. The van der Waals surface area contributed by atoms with Gasteiger partial charge in [0.05, 0.1) is 5.69 Å². The summed E-state index contributed by atoms with van der Waals surface area (Å²) in [5.74, 6) is -0.614. The summed E-state index contributed by atoms with van der Waals surface area (Å²) in [6, 6.07) is 8.91. The number of fused-ring (bicyclic) bond motifs is 3. The van der Waals surface area contributed by atoms with Gasteiger partial charge in [-0.15, -0.1) is 0 Å². The molecule has 0 saturated carbocycles. The number of benzene rings is 2. The van der Waals surface area contributed by atoms with Gasteiger partial charge < -0.3 is 5.32 Å². The van der Waals surface area contributed by atoms with E-state index in [1.165, 1.54) is 29.7 Å². The number of halogens is 3. The molecule has 2 aromatic carbocycles. The predicted octanol–water partition coefficient (Wildman–Crippen LogP) is 7.15. The lowest BCUT2D eigenvalue weighted by Gasteiger charge is -2.19. The van der Waals surface area contributed by atoms with E-state index in [1.54, 1.807) is 6.07 Å². The largest absolute Gasteiger partial charge is 0.350 e. The maximum absolute atomic E-state index is 14.8. The lowest BCUT2D eigenvalue weighted by molar-refractivity contribution is 0.0940. The highest BCUT2D eigenvalue weighted by atomic mass is 35.5. The normalized spacial score (nSPS) is 13.5. The molecule has 3 aromatic rings. The van der Waals surface area contributed by atoms with Crippen molar-refractivity contribution in [3.05, 3.63) is 69.9 Å². The molecule has 0 saturated heterocycles. The van der Waals surface area contributed by atoms with Crippen molar-refractivity contribution in [3.8, 4) is 16.9 Å². The molecule has 1 aliphatic carbocycles. The van der Waals surface area contributed by atoms with Crippen molar-refractivity contribution in [2.24, 2.45) is 11.8 Å². The molecule has 0 bridgehead atoms. The van der Waals surface area contributed by atoms with Gasteiger partial charge >= 0.3 is 0 Å². The summed E-state index contributed by atoms with van der Waals surface area (Å²) in [5, 5.41) is 8.22. The number of nitrogens with one attached hydrogen (secondary N) is 1. The third kappa shape index (κ3) is 5.43. The number of carbonyl (C=O) groups is 1. The van der Waals surface area contributed by atoms with E-state index in [9.17, 15) is 13.6 Å². The fourth-order valence-corrected chi connectivity index (χ4v) is 5.10. The van der Waals surface area contributed by atoms with Gasteiger partial charge in [-0.1, -0.05) is 57.7 Å². The van der Waals surface area contributed by atoms with Crippen LogP contribution in [0.15, 0.2) is 36.4 Å². The summed E-state index contributed by atoms with van der Waals surface area (Å²) < 4.78 is 29.8. The quantitative estimate of drug-likeness (QED) is 0.339. The van der Waals surface area contributed by atoms with Crippen LogP contribution in [-0.4, -0.2) is 22.2 Å². The van der Waals surface area contributed by atoms with E-state index >= 15 is 0 Å². The first-order valence-electron chi connectivity index (χ1n) is 12.5. The molecule has 4 nitrogen and oxygen atoms in total. The monoisotopic (exact) mass is 499 g/mol. The van der Waals surface area contributed by atoms with Crippen molar-refractivity contribution in [2.45, 2.75) is 59.3 Å². The molecule has 186 valence electrons. The number of amides is 1. The third-order valence-electron chi connectivity index (χ3n) is 7.14. The number of nitrogens with zero attached hydrogens (tertiary/aromatic N) is 2. The van der Waals surface area contributed by atoms with Crippen LogP contribution in [0.3, 0.4) is 0 Å². The molecule has 7 heteroatoms. The van der Waals surface area contributed by atoms with Crippen molar-refractivity contribution < 1.29 is 13.6 Å². The Morgan fingerprint density at radius 3 is 2.60 bits per heavy atom. The highest BCUT2D eigenvalue weighted by Crippen LogP contribution is 2.38. The van der Waals surface area contributed by atoms with Gasteiger partial charge in [0.15, 0.2) is 11.5 Å². The second kappa shape index (κ2) is 10.9. The molecule has 1 heterocycles. The lowest BCUT2D eigenvalue weighted by Crippen LogP contribution is -2.29. The fraction of sp³-hybridized carbons (Fsp3) is 0.429. The molecule has 1 aliphatic rings. The Labute approximate surface area is 210 Å². The van der Waals surface area contributed by atoms with Crippen LogP contribution in [0.25, 0.3) is 16.9 Å². The van der Waals surface area contributed by atoms with Gasteiger partial charge in [-0.2, -0.15) is 5.10 Å². The van der Waals surface area contributed by atoms with E-state index in [2.05, 4.69) is 31.2 Å². The molecule has 1 N–H and O–H groups in total. The first-order valence-corrected chi connectivity index (χ1v) is 12.8. The first-order chi connectivity index (χ1) is 16.8. The van der Waals surface area contributed by atoms with Crippen LogP contribution in [0.1, 0.15) is 68.1 Å². The Balaban J connectivity index is 1.65. The zero-order valence-corrected chi connectivity index (χ0v) is 21.3. The van der Waals surface area contributed by atoms with Crippen molar-refractivity contribution in [3.63, 3.8) is 0 Å². The van der Waals surface area contributed by atoms with Gasteiger partial charge in [0, 0.05) is 28.8 Å². The van der Waals surface area contributed by atoms with Gasteiger partial charge in [0.1, 0.15) is 11.5 Å². The van der Waals surface area contributed by atoms with Crippen LogP contribution in [0, 0.1) is 23.5 Å². The molecule has 1 unspecified atom stereocenters. The summed E-state index contributed by atoms with van der Waals surface area (Å²) in [6.07, 6.45) is 5.83. The molecule has 0 radical (unpaired) electrons. The molecule has 0 spiro atoms. The van der Waals surface area contributed by atoms with Crippen LogP contribution < -0.4 is 5.32 Å². The van der Waals surface area contributed by atoms with E-state index in [0.29, 0.717) is 36.0 Å². The Bertz CT molecular complexity index is 1220. The minimum Gasteiger partial charge on any atom is -0.350 e. The van der Waals surface area contributed by atoms with Gasteiger partial charge in [0.25, 0.3) is 5.91 Å². The molecular formula is C28H32ClF2N3O. The molecule has 0 fully saturated rings. The third-order valence-corrected chi connectivity index (χ3v) is 7.37. The second-order valence-corrected chi connectivity index (χ2v) is 10.00. The number of aryl methyl sites for hydroxylation is 1. The molecule has 1 aromatic heterocycles. The topological polar surface area (TPSA) is 46.9 Å². The minimum atomic E-state index is -0.738. The smallest absolute Gasteiger partial charge is 0.272 e. The number of hydrogen-bond donors (Lipinski definition) is 1. The summed E-state index contributed by atoms with van der Waals surface area (Å²) in [4.78, 5) is 13.3. The van der Waals surface area contributed by atoms with E-state index in [-0.39, 0.29) is 17.3 Å². The Morgan fingerprint density at radius 1 is 1.11 bits per heavy atom. The highest BCUT2D eigenvalue weighted by Gasteiger charge is 2.30. The van der Waals surface area contributed by atoms with Crippen molar-refractivity contribution in [1.29, 1.82) is 0 Å². The highest BCUT2D eigenvalue weighted by molar-refractivity contribution is 6.30. The van der Waals surface area contributed by atoms with Gasteiger partial charge in [-0.3, -0.25) is 4.79 Å². The van der Waals surface area contributed by atoms with Crippen molar-refractivity contribution in [1.82, 2.24) is 15.1 Å². The first kappa shape index (κ1) is 25.4. The van der Waals surface area contributed by atoms with Crippen LogP contribution in [0.4, 0.5) is 8.78 Å². The predicted molar refractivity (Wildman–Crippen MR) is 136 cm³/mol. The van der Waals surface area contributed by atoms with Crippen molar-refractivity contribution >= 4 is 17.5 Å². The summed E-state index contributed by atoms with van der Waals surface area (Å²) in [6.45, 7) is 7.13. The maximum Gasteiger partial charge on any atom is 0.272 e. The number of aromatic nitrogens is 2. The SMILES string of the molecule is CCC(CC)CCC(C)CNC(=O)c1nn(-c2ccc(F)cc2F)c2c1CCc1cc(Cl)ccc1-2. The van der Waals surface area contributed by atoms with Crippen LogP contribution in [-0.2, 0) is 12.8 Å². The van der Waals surface area contributed by atoms with Crippen LogP contribution in [0.5, 0.6) is 0 Å². The standard InChI is InChI=1S/C28H32ClF2N3O/c1-4-18(5-2)7-6-17(3)16-32-28(35)26-23-11-8-19-14-20(29)9-12-22(19)27(23)34(33-26)25-13-10-21(30)15-24(25)31/h9-10,12-15,17-18H,4-8,11,16H2,1-3H3,(H,32,35). The van der Waals surface area contributed by atoms with Gasteiger partial charge in [-0.25, -0.2) is 13.5 Å².